The van der Waals surface area contributed by atoms with Gasteiger partial charge in [0.1, 0.15) is 5.82 Å². The molecule has 2 rings (SSSR count). The van der Waals surface area contributed by atoms with Crippen LogP contribution >= 0.6 is 0 Å². The average Bonchev–Trinajstić information content (AvgIpc) is 2.65. The molecule has 2 aromatic rings. The van der Waals surface area contributed by atoms with Gasteiger partial charge in [-0.3, -0.25) is 9.10 Å². The van der Waals surface area contributed by atoms with Gasteiger partial charge >= 0.3 is 10.2 Å². The molecule has 0 spiro atoms. The highest BCUT2D eigenvalue weighted by Crippen LogP contribution is 2.25. The number of rotatable bonds is 8. The summed E-state index contributed by atoms with van der Waals surface area (Å²) in [5.74, 6) is -0.474. The Morgan fingerprint density at radius 3 is 2.21 bits per heavy atom. The Hall–Kier alpha value is -2.45. The van der Waals surface area contributed by atoms with E-state index in [9.17, 15) is 17.6 Å². The third kappa shape index (κ3) is 5.30. The molecule has 28 heavy (non-hydrogen) atoms. The topological polar surface area (TPSA) is 69.7 Å². The van der Waals surface area contributed by atoms with Crippen molar-refractivity contribution in [2.75, 3.05) is 24.9 Å². The van der Waals surface area contributed by atoms with Crippen LogP contribution in [0.2, 0.25) is 0 Å². The number of halogens is 1. The zero-order chi connectivity index (χ0) is 20.9. The Morgan fingerprint density at radius 1 is 1.07 bits per heavy atom. The van der Waals surface area contributed by atoms with Gasteiger partial charge in [-0.25, -0.2) is 4.39 Å². The monoisotopic (exact) mass is 407 g/mol. The van der Waals surface area contributed by atoms with Crippen LogP contribution in [0.1, 0.15) is 29.8 Å². The molecule has 0 fully saturated rings. The molecule has 152 valence electrons. The van der Waals surface area contributed by atoms with Crippen LogP contribution < -0.4 is 9.62 Å². The Kier molecular flexibility index (Phi) is 7.15. The average molecular weight is 408 g/mol. The predicted octanol–water partition coefficient (Wildman–Crippen LogP) is 3.02. The van der Waals surface area contributed by atoms with E-state index in [0.717, 1.165) is 8.61 Å². The highest BCUT2D eigenvalue weighted by Gasteiger charge is 2.27. The zero-order valence-corrected chi connectivity index (χ0v) is 17.3. The molecule has 1 amide bonds. The van der Waals surface area contributed by atoms with Gasteiger partial charge in [0.15, 0.2) is 0 Å². The largest absolute Gasteiger partial charge is 0.352 e. The quantitative estimate of drug-likeness (QED) is 0.731. The third-order valence-electron chi connectivity index (χ3n) is 4.07. The lowest BCUT2D eigenvalue weighted by Gasteiger charge is -2.27. The molecule has 0 saturated carbocycles. The van der Waals surface area contributed by atoms with E-state index in [1.807, 2.05) is 13.8 Å². The van der Waals surface area contributed by atoms with Crippen molar-refractivity contribution in [2.24, 2.45) is 5.92 Å². The zero-order valence-electron chi connectivity index (χ0n) is 16.5. The second kappa shape index (κ2) is 9.16. The molecular formula is C20H26FN3O3S. The first-order valence-electron chi connectivity index (χ1n) is 8.94. The Morgan fingerprint density at radius 2 is 1.68 bits per heavy atom. The fraction of sp³-hybridized carbons (Fsp3) is 0.350. The van der Waals surface area contributed by atoms with Gasteiger partial charge in [0.05, 0.1) is 12.2 Å². The maximum absolute atomic E-state index is 14.3. The number of nitrogens with one attached hydrogen (secondary N) is 1. The molecule has 2 aromatic carbocycles. The fourth-order valence-corrected chi connectivity index (χ4v) is 3.57. The molecule has 0 aliphatic rings. The van der Waals surface area contributed by atoms with Crippen LogP contribution in [-0.4, -0.2) is 39.3 Å². The summed E-state index contributed by atoms with van der Waals surface area (Å²) < 4.78 is 41.8. The van der Waals surface area contributed by atoms with Gasteiger partial charge < -0.3 is 5.32 Å². The SMILES string of the molecule is CC(C)CNC(=O)c1ccc(CN(c2ccccc2F)S(=O)(=O)N(C)C)cc1. The maximum Gasteiger partial charge on any atom is 0.303 e. The fourth-order valence-electron chi connectivity index (χ4n) is 2.47. The summed E-state index contributed by atoms with van der Waals surface area (Å²) in [7, 11) is -1.12. The van der Waals surface area contributed by atoms with Gasteiger partial charge in [-0.1, -0.05) is 38.1 Å². The number of hydrogen-bond acceptors (Lipinski definition) is 3. The molecule has 0 aliphatic heterocycles. The van der Waals surface area contributed by atoms with E-state index in [4.69, 9.17) is 0 Å². The summed E-state index contributed by atoms with van der Waals surface area (Å²) in [6.07, 6.45) is 0. The van der Waals surface area contributed by atoms with E-state index in [2.05, 4.69) is 5.32 Å². The van der Waals surface area contributed by atoms with E-state index < -0.39 is 16.0 Å². The minimum atomic E-state index is -3.91. The summed E-state index contributed by atoms with van der Waals surface area (Å²) in [6, 6.07) is 12.3. The molecule has 0 unspecified atom stereocenters. The third-order valence-corrected chi connectivity index (χ3v) is 5.88. The molecule has 6 nitrogen and oxygen atoms in total. The van der Waals surface area contributed by atoms with Crippen molar-refractivity contribution < 1.29 is 17.6 Å². The van der Waals surface area contributed by atoms with Crippen LogP contribution in [0.15, 0.2) is 48.5 Å². The standard InChI is InChI=1S/C20H26FN3O3S/c1-15(2)13-22-20(25)17-11-9-16(10-12-17)14-24(28(26,27)23(3)4)19-8-6-5-7-18(19)21/h5-12,15H,13-14H2,1-4H3,(H,22,25). The molecule has 0 bridgehead atoms. The highest BCUT2D eigenvalue weighted by atomic mass is 32.2. The smallest absolute Gasteiger partial charge is 0.303 e. The molecule has 0 radical (unpaired) electrons. The first kappa shape index (κ1) is 21.8. The summed E-state index contributed by atoms with van der Waals surface area (Å²) in [5.41, 5.74) is 1.08. The number of benzene rings is 2. The van der Waals surface area contributed by atoms with Gasteiger partial charge in [0.2, 0.25) is 0 Å². The molecule has 0 atom stereocenters. The lowest BCUT2D eigenvalue weighted by Crippen LogP contribution is -2.40. The highest BCUT2D eigenvalue weighted by molar-refractivity contribution is 7.90. The lowest BCUT2D eigenvalue weighted by molar-refractivity contribution is 0.0949. The summed E-state index contributed by atoms with van der Waals surface area (Å²) >= 11 is 0. The van der Waals surface area contributed by atoms with E-state index in [1.54, 1.807) is 30.3 Å². The van der Waals surface area contributed by atoms with Gasteiger partial charge in [-0.15, -0.1) is 0 Å². The molecular weight excluding hydrogens is 381 g/mol. The Labute approximate surface area is 166 Å². The van der Waals surface area contributed by atoms with Crippen molar-refractivity contribution in [1.29, 1.82) is 0 Å². The molecule has 0 aromatic heterocycles. The van der Waals surface area contributed by atoms with Crippen LogP contribution in [0.25, 0.3) is 0 Å². The van der Waals surface area contributed by atoms with E-state index in [1.165, 1.54) is 32.3 Å². The number of amides is 1. The molecule has 1 N–H and O–H groups in total. The first-order valence-corrected chi connectivity index (χ1v) is 10.3. The number of para-hydroxylation sites is 1. The molecule has 0 saturated heterocycles. The summed E-state index contributed by atoms with van der Waals surface area (Å²) in [6.45, 7) is 4.52. The molecule has 8 heteroatoms. The van der Waals surface area contributed by atoms with E-state index in [0.29, 0.717) is 23.6 Å². The van der Waals surface area contributed by atoms with Crippen LogP contribution in [0, 0.1) is 11.7 Å². The second-order valence-corrected chi connectivity index (χ2v) is 9.12. The van der Waals surface area contributed by atoms with Gasteiger partial charge in [0.25, 0.3) is 5.91 Å². The lowest BCUT2D eigenvalue weighted by atomic mass is 10.1. The minimum absolute atomic E-state index is 0.0325. The number of carbonyl (C=O) groups excluding carboxylic acids is 1. The van der Waals surface area contributed by atoms with Crippen molar-refractivity contribution in [3.05, 3.63) is 65.5 Å². The molecule has 0 heterocycles. The van der Waals surface area contributed by atoms with Crippen molar-refractivity contribution in [3.63, 3.8) is 0 Å². The number of hydrogen-bond donors (Lipinski definition) is 1. The van der Waals surface area contributed by atoms with Crippen molar-refractivity contribution in [2.45, 2.75) is 20.4 Å². The van der Waals surface area contributed by atoms with Crippen LogP contribution in [0.4, 0.5) is 10.1 Å². The number of carbonyl (C=O) groups is 1. The van der Waals surface area contributed by atoms with Crippen LogP contribution in [0.3, 0.4) is 0 Å². The number of nitrogens with zero attached hydrogens (tertiary/aromatic N) is 2. The normalized spacial score (nSPS) is 11.7. The van der Waals surface area contributed by atoms with Crippen LogP contribution in [-0.2, 0) is 16.8 Å². The van der Waals surface area contributed by atoms with Crippen LogP contribution in [0.5, 0.6) is 0 Å². The molecule has 0 aliphatic carbocycles. The second-order valence-electron chi connectivity index (χ2n) is 7.05. The maximum atomic E-state index is 14.3. The van der Waals surface area contributed by atoms with Gasteiger partial charge in [0, 0.05) is 26.2 Å². The van der Waals surface area contributed by atoms with Crippen molar-refractivity contribution in [1.82, 2.24) is 9.62 Å². The summed E-state index contributed by atoms with van der Waals surface area (Å²) in [5, 5.41) is 2.83. The minimum Gasteiger partial charge on any atom is -0.352 e. The number of anilines is 1. The van der Waals surface area contributed by atoms with Crippen molar-refractivity contribution >= 4 is 21.8 Å². The summed E-state index contributed by atoms with van der Waals surface area (Å²) in [4.78, 5) is 12.1. The van der Waals surface area contributed by atoms with Gasteiger partial charge in [-0.2, -0.15) is 12.7 Å². The van der Waals surface area contributed by atoms with Gasteiger partial charge in [-0.05, 0) is 35.7 Å². The predicted molar refractivity (Wildman–Crippen MR) is 109 cm³/mol. The van der Waals surface area contributed by atoms with E-state index in [-0.39, 0.29) is 18.1 Å². The van der Waals surface area contributed by atoms with Crippen molar-refractivity contribution in [3.8, 4) is 0 Å². The Bertz CT molecular complexity index is 913. The first-order chi connectivity index (χ1) is 13.1. The van der Waals surface area contributed by atoms with E-state index >= 15 is 0 Å². The Balaban J connectivity index is 2.28.